The molecule has 1 fully saturated rings. The molecule has 1 saturated carbocycles. The number of amides is 2. The van der Waals surface area contributed by atoms with Crippen LogP contribution in [0.25, 0.3) is 0 Å². The van der Waals surface area contributed by atoms with Crippen molar-refractivity contribution in [3.8, 4) is 0 Å². The highest BCUT2D eigenvalue weighted by Gasteiger charge is 2.59. The minimum Gasteiger partial charge on any atom is -0.445 e. The maximum Gasteiger partial charge on any atom is 0.413 e. The van der Waals surface area contributed by atoms with Crippen molar-refractivity contribution in [2.45, 2.75) is 58.1 Å². The highest BCUT2D eigenvalue weighted by atomic mass is 32.1. The number of ether oxygens (including phenoxy) is 1. The van der Waals surface area contributed by atoms with Crippen molar-refractivity contribution in [1.82, 2.24) is 10.3 Å². The summed E-state index contributed by atoms with van der Waals surface area (Å²) in [6, 6.07) is 3.94. The molecule has 0 bridgehead atoms. The van der Waals surface area contributed by atoms with E-state index < -0.39 is 17.6 Å². The largest absolute Gasteiger partial charge is 0.445 e. The number of hydrogen-bond donors (Lipinski definition) is 4. The lowest BCUT2D eigenvalue weighted by molar-refractivity contribution is -0.144. The number of carbonyl (C=O) groups excluding carboxylic acids is 2. The van der Waals surface area contributed by atoms with Crippen LogP contribution >= 0.6 is 22.7 Å². The van der Waals surface area contributed by atoms with Gasteiger partial charge in [0.15, 0.2) is 5.13 Å². The van der Waals surface area contributed by atoms with E-state index >= 15 is 0 Å². The molecule has 0 unspecified atom stereocenters. The molecule has 2 heterocycles. The summed E-state index contributed by atoms with van der Waals surface area (Å²) < 4.78 is 5.03. The molecule has 5 atom stereocenters. The molecule has 10 heteroatoms. The minimum atomic E-state index is -0.698. The number of thiazole rings is 1. The second-order valence-electron chi connectivity index (χ2n) is 9.93. The van der Waals surface area contributed by atoms with E-state index in [1.807, 2.05) is 24.4 Å². The number of aromatic nitrogens is 1. The van der Waals surface area contributed by atoms with Gasteiger partial charge in [-0.2, -0.15) is 0 Å². The van der Waals surface area contributed by atoms with E-state index in [0.29, 0.717) is 24.5 Å². The highest BCUT2D eigenvalue weighted by molar-refractivity contribution is 7.15. The summed E-state index contributed by atoms with van der Waals surface area (Å²) in [6.07, 6.45) is 2.39. The second kappa shape index (κ2) is 10.4. The number of nitrogens with one attached hydrogen (secondary N) is 2. The fourth-order valence-electron chi connectivity index (χ4n) is 5.81. The normalized spacial score (nSPS) is 29.5. The number of aliphatic hydroxyl groups is 2. The molecular weight excluding hydrogens is 486 g/mol. The Kier molecular flexibility index (Phi) is 7.65. The van der Waals surface area contributed by atoms with Crippen LogP contribution in [-0.2, 0) is 22.5 Å². The van der Waals surface area contributed by atoms with Crippen LogP contribution in [0.4, 0.5) is 9.93 Å². The standard InChI is InChI=1S/C25H33N3O5S2/c1-4-9-33-23(32)28-22-27-21-16(11-20(31)26-13-15-6-5-10-34-15)24(2)8-7-19(30)25(3,14-29)18(24)12-17(21)35-22/h4-6,10,16,18-19,29-30H,1,7-9,11-14H2,2-3H3,(H,26,31)(H,27,28,32)/t16-,18+,19-,24+,25+/m1/s1. The summed E-state index contributed by atoms with van der Waals surface area (Å²) in [5, 5.41) is 29.3. The zero-order valence-electron chi connectivity index (χ0n) is 20.1. The maximum absolute atomic E-state index is 13.1. The predicted molar refractivity (Wildman–Crippen MR) is 137 cm³/mol. The van der Waals surface area contributed by atoms with E-state index in [-0.39, 0.29) is 42.8 Å². The van der Waals surface area contributed by atoms with Gasteiger partial charge in [-0.05, 0) is 42.0 Å². The van der Waals surface area contributed by atoms with Crippen LogP contribution in [0.15, 0.2) is 30.2 Å². The summed E-state index contributed by atoms with van der Waals surface area (Å²) >= 11 is 2.96. The topological polar surface area (TPSA) is 121 Å². The zero-order valence-corrected chi connectivity index (χ0v) is 21.7. The summed E-state index contributed by atoms with van der Waals surface area (Å²) in [5.74, 6) is -0.331. The van der Waals surface area contributed by atoms with Gasteiger partial charge in [-0.15, -0.1) is 22.7 Å². The molecule has 0 radical (unpaired) electrons. The Morgan fingerprint density at radius 1 is 1.40 bits per heavy atom. The van der Waals surface area contributed by atoms with Crippen LogP contribution < -0.4 is 10.6 Å². The van der Waals surface area contributed by atoms with Crippen LogP contribution in [0.1, 0.15) is 54.5 Å². The quantitative estimate of drug-likeness (QED) is 0.390. The third kappa shape index (κ3) is 5.02. The average molecular weight is 520 g/mol. The first-order valence-corrected chi connectivity index (χ1v) is 13.5. The number of carbonyl (C=O) groups is 2. The number of thiophene rings is 1. The molecule has 2 amide bonds. The van der Waals surface area contributed by atoms with Crippen LogP contribution in [0.5, 0.6) is 0 Å². The van der Waals surface area contributed by atoms with Crippen molar-refractivity contribution < 1.29 is 24.5 Å². The SMILES string of the molecule is C=CCOC(=O)Nc1nc2c(s1)C[C@@H]1[C@](C)(CO)[C@H](O)CC[C@@]1(C)[C@@H]2CC(=O)NCc1cccs1. The summed E-state index contributed by atoms with van der Waals surface area (Å²) in [6.45, 7) is 8.06. The average Bonchev–Trinajstić information content (AvgIpc) is 3.50. The van der Waals surface area contributed by atoms with Crippen LogP contribution in [0.2, 0.25) is 0 Å². The Morgan fingerprint density at radius 2 is 2.20 bits per heavy atom. The van der Waals surface area contributed by atoms with Gasteiger partial charge in [0.25, 0.3) is 0 Å². The molecule has 4 rings (SSSR count). The van der Waals surface area contributed by atoms with E-state index in [9.17, 15) is 19.8 Å². The van der Waals surface area contributed by atoms with E-state index in [1.165, 1.54) is 17.4 Å². The van der Waals surface area contributed by atoms with Crippen LogP contribution in [0.3, 0.4) is 0 Å². The Bertz CT molecular complexity index is 1070. The molecule has 0 saturated heterocycles. The molecule has 190 valence electrons. The molecular formula is C25H33N3O5S2. The Labute approximate surface area is 213 Å². The lowest BCUT2D eigenvalue weighted by atomic mass is 9.47. The Balaban J connectivity index is 1.64. The first-order valence-electron chi connectivity index (χ1n) is 11.8. The lowest BCUT2D eigenvalue weighted by Crippen LogP contribution is -2.57. The molecule has 0 spiro atoms. The fourth-order valence-corrected chi connectivity index (χ4v) is 7.51. The van der Waals surface area contributed by atoms with Gasteiger partial charge >= 0.3 is 6.09 Å². The number of rotatable bonds is 8. The van der Waals surface area contributed by atoms with Gasteiger partial charge in [0.1, 0.15) is 6.61 Å². The first-order chi connectivity index (χ1) is 16.7. The van der Waals surface area contributed by atoms with Gasteiger partial charge in [-0.3, -0.25) is 10.1 Å². The Hall–Kier alpha value is -2.27. The first kappa shape index (κ1) is 25.8. The fraction of sp³-hybridized carbons (Fsp3) is 0.560. The number of nitrogens with zero attached hydrogens (tertiary/aromatic N) is 1. The molecule has 4 N–H and O–H groups in total. The summed E-state index contributed by atoms with van der Waals surface area (Å²) in [4.78, 5) is 32.0. The van der Waals surface area contributed by atoms with Crippen molar-refractivity contribution in [2.24, 2.45) is 16.7 Å². The number of hydrogen-bond acceptors (Lipinski definition) is 8. The van der Waals surface area contributed by atoms with Gasteiger partial charge < -0.3 is 20.3 Å². The van der Waals surface area contributed by atoms with Crippen molar-refractivity contribution in [2.75, 3.05) is 18.5 Å². The molecule has 2 aromatic heterocycles. The van der Waals surface area contributed by atoms with Crippen LogP contribution in [0, 0.1) is 16.7 Å². The molecule has 2 aliphatic rings. The number of anilines is 1. The third-order valence-corrected chi connectivity index (χ3v) is 9.75. The molecule has 8 nitrogen and oxygen atoms in total. The van der Waals surface area contributed by atoms with Gasteiger partial charge in [-0.1, -0.05) is 32.6 Å². The van der Waals surface area contributed by atoms with Crippen molar-refractivity contribution in [1.29, 1.82) is 0 Å². The minimum absolute atomic E-state index is 0.0487. The smallest absolute Gasteiger partial charge is 0.413 e. The van der Waals surface area contributed by atoms with E-state index in [4.69, 9.17) is 9.72 Å². The van der Waals surface area contributed by atoms with Crippen LogP contribution in [-0.4, -0.2) is 46.5 Å². The highest BCUT2D eigenvalue weighted by Crippen LogP contribution is 2.62. The molecule has 0 aromatic carbocycles. The third-order valence-electron chi connectivity index (χ3n) is 7.86. The Morgan fingerprint density at radius 3 is 2.89 bits per heavy atom. The zero-order chi connectivity index (χ0) is 25.2. The maximum atomic E-state index is 13.1. The molecule has 2 aliphatic carbocycles. The van der Waals surface area contributed by atoms with Gasteiger partial charge in [0.05, 0.1) is 24.9 Å². The van der Waals surface area contributed by atoms with Crippen molar-refractivity contribution >= 4 is 39.8 Å². The summed E-state index contributed by atoms with van der Waals surface area (Å²) in [7, 11) is 0. The van der Waals surface area contributed by atoms with Gasteiger partial charge in [0.2, 0.25) is 5.91 Å². The predicted octanol–water partition coefficient (Wildman–Crippen LogP) is 4.06. The number of aliphatic hydroxyl groups excluding tert-OH is 2. The molecule has 0 aliphatic heterocycles. The lowest BCUT2D eigenvalue weighted by Gasteiger charge is -2.58. The molecule has 35 heavy (non-hydrogen) atoms. The van der Waals surface area contributed by atoms with E-state index in [1.54, 1.807) is 11.3 Å². The van der Waals surface area contributed by atoms with Gasteiger partial charge in [-0.25, -0.2) is 9.78 Å². The summed E-state index contributed by atoms with van der Waals surface area (Å²) in [5.41, 5.74) is -0.231. The van der Waals surface area contributed by atoms with Gasteiger partial charge in [0, 0.05) is 27.5 Å². The molecule has 2 aromatic rings. The van der Waals surface area contributed by atoms with E-state index in [2.05, 4.69) is 24.1 Å². The van der Waals surface area contributed by atoms with E-state index in [0.717, 1.165) is 21.9 Å². The monoisotopic (exact) mass is 519 g/mol. The van der Waals surface area contributed by atoms with Crippen molar-refractivity contribution in [3.05, 3.63) is 45.6 Å². The second-order valence-corrected chi connectivity index (χ2v) is 12.0. The van der Waals surface area contributed by atoms with Crippen molar-refractivity contribution in [3.63, 3.8) is 0 Å². The number of fused-ring (bicyclic) bond motifs is 2.